The molecule has 0 spiro atoms. The van der Waals surface area contributed by atoms with E-state index in [0.717, 1.165) is 5.56 Å². The molecule has 7 nitrogen and oxygen atoms in total. The minimum atomic E-state index is -5.09. The van der Waals surface area contributed by atoms with Crippen molar-refractivity contribution in [3.8, 4) is 5.75 Å². The van der Waals surface area contributed by atoms with Gasteiger partial charge in [0.1, 0.15) is 5.75 Å². The molecule has 9 heteroatoms. The fourth-order valence-electron chi connectivity index (χ4n) is 2.44. The second kappa shape index (κ2) is 6.52. The van der Waals surface area contributed by atoms with Crippen molar-refractivity contribution in [3.63, 3.8) is 0 Å². The number of benzene rings is 2. The van der Waals surface area contributed by atoms with E-state index in [-0.39, 0.29) is 17.6 Å². The Morgan fingerprint density at radius 1 is 1.12 bits per heavy atom. The van der Waals surface area contributed by atoms with Crippen LogP contribution in [0.2, 0.25) is 0 Å². The Bertz CT molecular complexity index is 941. The molecule has 1 aliphatic rings. The van der Waals surface area contributed by atoms with Crippen molar-refractivity contribution >= 4 is 33.7 Å². The Labute approximate surface area is 143 Å². The SMILES string of the molecule is O=C1CCc2cc(C(=O)Nc3ccc(OS(=O)(=O)F)cc3)ccc2N1. The van der Waals surface area contributed by atoms with Gasteiger partial charge in [-0.15, -0.1) is 0 Å². The largest absolute Gasteiger partial charge is 0.488 e. The summed E-state index contributed by atoms with van der Waals surface area (Å²) in [4.78, 5) is 23.6. The molecule has 2 aromatic carbocycles. The van der Waals surface area contributed by atoms with E-state index in [1.807, 2.05) is 0 Å². The number of aryl methyl sites for hydroxylation is 1. The minimum absolute atomic E-state index is 0.0534. The fraction of sp³-hybridized carbons (Fsp3) is 0.125. The molecule has 25 heavy (non-hydrogen) atoms. The van der Waals surface area contributed by atoms with Gasteiger partial charge in [0.05, 0.1) is 0 Å². The van der Waals surface area contributed by atoms with Crippen LogP contribution in [0, 0.1) is 0 Å². The van der Waals surface area contributed by atoms with Crippen LogP contribution in [0.4, 0.5) is 15.3 Å². The van der Waals surface area contributed by atoms with Crippen LogP contribution in [0.1, 0.15) is 22.3 Å². The average Bonchev–Trinajstić information content (AvgIpc) is 2.54. The molecule has 0 saturated carbocycles. The van der Waals surface area contributed by atoms with Crippen LogP contribution in [-0.4, -0.2) is 20.2 Å². The molecule has 0 aromatic heterocycles. The molecule has 0 saturated heterocycles. The normalized spacial score (nSPS) is 13.6. The predicted molar refractivity (Wildman–Crippen MR) is 88.4 cm³/mol. The molecule has 1 aliphatic heterocycles. The molecule has 0 aliphatic carbocycles. The second-order valence-electron chi connectivity index (χ2n) is 5.38. The van der Waals surface area contributed by atoms with Gasteiger partial charge in [0.2, 0.25) is 5.91 Å². The maximum atomic E-state index is 12.4. The molecule has 2 N–H and O–H groups in total. The Kier molecular flexibility index (Phi) is 4.41. The monoisotopic (exact) mass is 364 g/mol. The zero-order valence-corrected chi connectivity index (χ0v) is 13.6. The Morgan fingerprint density at radius 2 is 1.84 bits per heavy atom. The summed E-state index contributed by atoms with van der Waals surface area (Å²) in [6.45, 7) is 0. The van der Waals surface area contributed by atoms with E-state index in [4.69, 9.17) is 0 Å². The highest BCUT2D eigenvalue weighted by Gasteiger charge is 2.17. The summed E-state index contributed by atoms with van der Waals surface area (Å²) in [5.41, 5.74) is 2.38. The molecule has 0 bridgehead atoms. The first kappa shape index (κ1) is 16.9. The number of anilines is 2. The standard InChI is InChI=1S/C16H13FN2O5S/c17-25(22,23)24-13-5-3-12(4-6-13)18-16(21)11-1-7-14-10(9-11)2-8-15(20)19-14/h1,3-7,9H,2,8H2,(H,18,21)(H,19,20). The highest BCUT2D eigenvalue weighted by atomic mass is 32.3. The van der Waals surface area contributed by atoms with Crippen molar-refractivity contribution in [1.82, 2.24) is 0 Å². The van der Waals surface area contributed by atoms with E-state index in [1.165, 1.54) is 24.3 Å². The highest BCUT2D eigenvalue weighted by Crippen LogP contribution is 2.24. The molecule has 130 valence electrons. The van der Waals surface area contributed by atoms with Crippen LogP contribution in [0.25, 0.3) is 0 Å². The van der Waals surface area contributed by atoms with Gasteiger partial charge in [-0.1, -0.05) is 3.89 Å². The molecule has 2 amide bonds. The van der Waals surface area contributed by atoms with E-state index in [2.05, 4.69) is 14.8 Å². The topological polar surface area (TPSA) is 102 Å². The lowest BCUT2D eigenvalue weighted by Crippen LogP contribution is -2.20. The number of nitrogens with one attached hydrogen (secondary N) is 2. The zero-order chi connectivity index (χ0) is 18.0. The molecule has 0 radical (unpaired) electrons. The van der Waals surface area contributed by atoms with Crippen molar-refractivity contribution in [1.29, 1.82) is 0 Å². The number of amides is 2. The average molecular weight is 364 g/mol. The number of fused-ring (bicyclic) bond motifs is 1. The van der Waals surface area contributed by atoms with Gasteiger partial charge in [-0.2, -0.15) is 8.42 Å². The van der Waals surface area contributed by atoms with Crippen LogP contribution >= 0.6 is 0 Å². The number of rotatable bonds is 4. The van der Waals surface area contributed by atoms with Gasteiger partial charge in [0, 0.05) is 23.4 Å². The predicted octanol–water partition coefficient (Wildman–Crippen LogP) is 2.42. The van der Waals surface area contributed by atoms with Crippen molar-refractivity contribution in [2.75, 3.05) is 10.6 Å². The summed E-state index contributed by atoms with van der Waals surface area (Å²) in [5, 5.41) is 5.38. The summed E-state index contributed by atoms with van der Waals surface area (Å²) in [6, 6.07) is 10.2. The fourth-order valence-corrected chi connectivity index (χ4v) is 2.78. The van der Waals surface area contributed by atoms with Gasteiger partial charge in [0.25, 0.3) is 5.91 Å². The van der Waals surface area contributed by atoms with E-state index < -0.39 is 10.5 Å². The molecule has 2 aromatic rings. The van der Waals surface area contributed by atoms with Crippen LogP contribution in [-0.2, 0) is 21.7 Å². The number of carbonyl (C=O) groups excluding carboxylic acids is 2. The van der Waals surface area contributed by atoms with E-state index in [0.29, 0.717) is 29.8 Å². The summed E-state index contributed by atoms with van der Waals surface area (Å²) >= 11 is 0. The van der Waals surface area contributed by atoms with Crippen molar-refractivity contribution < 1.29 is 26.1 Å². The van der Waals surface area contributed by atoms with Gasteiger partial charge >= 0.3 is 10.5 Å². The first-order valence-corrected chi connectivity index (χ1v) is 8.59. The molecule has 0 unspecified atom stereocenters. The number of hydrogen-bond acceptors (Lipinski definition) is 5. The molecular formula is C16H13FN2O5S. The van der Waals surface area contributed by atoms with E-state index >= 15 is 0 Å². The van der Waals surface area contributed by atoms with Gasteiger partial charge in [-0.25, -0.2) is 0 Å². The highest BCUT2D eigenvalue weighted by molar-refractivity contribution is 7.81. The summed E-state index contributed by atoms with van der Waals surface area (Å²) in [7, 11) is -5.09. The van der Waals surface area contributed by atoms with Gasteiger partial charge < -0.3 is 14.8 Å². The van der Waals surface area contributed by atoms with Crippen LogP contribution in [0.3, 0.4) is 0 Å². The number of carbonyl (C=O) groups is 2. The van der Waals surface area contributed by atoms with Crippen molar-refractivity contribution in [2.45, 2.75) is 12.8 Å². The number of halogens is 1. The third-order valence-corrected chi connectivity index (χ3v) is 3.96. The second-order valence-corrected chi connectivity index (χ2v) is 6.33. The third kappa shape index (κ3) is 4.32. The maximum absolute atomic E-state index is 12.4. The minimum Gasteiger partial charge on any atom is -0.358 e. The van der Waals surface area contributed by atoms with Crippen molar-refractivity contribution in [3.05, 3.63) is 53.6 Å². The lowest BCUT2D eigenvalue weighted by atomic mass is 10.00. The number of hydrogen-bond donors (Lipinski definition) is 2. The third-order valence-electron chi connectivity index (χ3n) is 3.57. The smallest absolute Gasteiger partial charge is 0.358 e. The van der Waals surface area contributed by atoms with Crippen molar-refractivity contribution in [2.24, 2.45) is 0 Å². The van der Waals surface area contributed by atoms with E-state index in [9.17, 15) is 21.9 Å². The molecule has 0 atom stereocenters. The molecule has 0 fully saturated rings. The Balaban J connectivity index is 1.71. The Morgan fingerprint density at radius 3 is 2.52 bits per heavy atom. The van der Waals surface area contributed by atoms with Crippen LogP contribution in [0.15, 0.2) is 42.5 Å². The zero-order valence-electron chi connectivity index (χ0n) is 12.8. The summed E-state index contributed by atoms with van der Waals surface area (Å²) < 4.78 is 37.3. The maximum Gasteiger partial charge on any atom is 0.488 e. The van der Waals surface area contributed by atoms with Crippen LogP contribution < -0.4 is 14.8 Å². The Hall–Kier alpha value is -2.94. The van der Waals surface area contributed by atoms with Gasteiger partial charge in [0.15, 0.2) is 0 Å². The summed E-state index contributed by atoms with van der Waals surface area (Å²) in [6.07, 6.45) is 0.934. The first-order valence-electron chi connectivity index (χ1n) is 7.28. The van der Waals surface area contributed by atoms with Crippen LogP contribution in [0.5, 0.6) is 5.75 Å². The quantitative estimate of drug-likeness (QED) is 0.812. The lowest BCUT2D eigenvalue weighted by molar-refractivity contribution is -0.116. The molecule has 1 heterocycles. The molecule has 3 rings (SSSR count). The summed E-state index contributed by atoms with van der Waals surface area (Å²) in [5.74, 6) is -0.626. The first-order chi connectivity index (χ1) is 11.8. The molecular weight excluding hydrogens is 351 g/mol. The lowest BCUT2D eigenvalue weighted by Gasteiger charge is -2.17. The van der Waals surface area contributed by atoms with E-state index in [1.54, 1.807) is 18.2 Å². The van der Waals surface area contributed by atoms with Gasteiger partial charge in [-0.05, 0) is 54.4 Å². The van der Waals surface area contributed by atoms with Gasteiger partial charge in [-0.3, -0.25) is 9.59 Å².